The van der Waals surface area contributed by atoms with Crippen LogP contribution in [0.4, 0.5) is 0 Å². The Morgan fingerprint density at radius 3 is 2.19 bits per heavy atom. The van der Waals surface area contributed by atoms with Gasteiger partial charge in [0.05, 0.1) is 19.3 Å². The number of benzene rings is 1. The van der Waals surface area contributed by atoms with Crippen LogP contribution in [0.25, 0.3) is 0 Å². The van der Waals surface area contributed by atoms with Gasteiger partial charge in [0.1, 0.15) is 6.10 Å². The van der Waals surface area contributed by atoms with Gasteiger partial charge in [-0.1, -0.05) is 30.3 Å². The first-order chi connectivity index (χ1) is 12.1. The molecule has 0 spiro atoms. The SMILES string of the molecule is CC(C)(O)O.CC1(C)OCC(C2CCCO2)O1.COCc1ccccc1. The molecule has 2 unspecified atom stereocenters. The van der Waals surface area contributed by atoms with Gasteiger partial charge in [-0.05, 0) is 46.1 Å². The van der Waals surface area contributed by atoms with Crippen LogP contribution in [-0.2, 0) is 25.6 Å². The monoisotopic (exact) mass is 370 g/mol. The summed E-state index contributed by atoms with van der Waals surface area (Å²) in [4.78, 5) is 0. The fourth-order valence-electron chi connectivity index (χ4n) is 2.54. The fourth-order valence-corrected chi connectivity index (χ4v) is 2.54. The second kappa shape index (κ2) is 11.0. The molecule has 0 radical (unpaired) electrons. The maximum absolute atomic E-state index is 8.08. The van der Waals surface area contributed by atoms with E-state index in [4.69, 9.17) is 29.2 Å². The summed E-state index contributed by atoms with van der Waals surface area (Å²) < 4.78 is 21.6. The summed E-state index contributed by atoms with van der Waals surface area (Å²) in [6.07, 6.45) is 2.70. The normalized spacial score (nSPS) is 24.3. The van der Waals surface area contributed by atoms with Crippen molar-refractivity contribution >= 4 is 0 Å². The fraction of sp³-hybridized carbons (Fsp3) is 0.700. The minimum atomic E-state index is -1.50. The Bertz CT molecular complexity index is 471. The first-order valence-corrected chi connectivity index (χ1v) is 9.02. The molecule has 2 fully saturated rings. The molecule has 1 aromatic rings. The molecule has 0 bridgehead atoms. The van der Waals surface area contributed by atoms with E-state index in [2.05, 4.69) is 0 Å². The maximum atomic E-state index is 8.08. The Morgan fingerprint density at radius 2 is 1.77 bits per heavy atom. The van der Waals surface area contributed by atoms with Crippen LogP contribution in [-0.4, -0.2) is 54.3 Å². The van der Waals surface area contributed by atoms with E-state index in [1.165, 1.54) is 19.4 Å². The highest BCUT2D eigenvalue weighted by molar-refractivity contribution is 5.13. The van der Waals surface area contributed by atoms with E-state index in [9.17, 15) is 0 Å². The summed E-state index contributed by atoms with van der Waals surface area (Å²) >= 11 is 0. The summed E-state index contributed by atoms with van der Waals surface area (Å²) in [5.41, 5.74) is 1.22. The standard InChI is InChI=1S/C9H16O3.C8H10O.C3H8O2/c1-9(2)11-6-8(12-9)7-4-3-5-10-7;1-9-7-8-5-3-2-4-6-8;1-3(2,4)5/h7-8H,3-6H2,1-2H3;2-6H,7H2,1H3;4-5H,1-2H3. The highest BCUT2D eigenvalue weighted by atomic mass is 16.7. The third kappa shape index (κ3) is 10.9. The zero-order valence-electron chi connectivity index (χ0n) is 16.6. The second-order valence-electron chi connectivity index (χ2n) is 7.33. The molecule has 6 heteroatoms. The van der Waals surface area contributed by atoms with Crippen molar-refractivity contribution in [1.29, 1.82) is 0 Å². The van der Waals surface area contributed by atoms with Crippen molar-refractivity contribution in [3.8, 4) is 0 Å². The lowest BCUT2D eigenvalue weighted by Crippen LogP contribution is -2.30. The second-order valence-corrected chi connectivity index (χ2v) is 7.33. The van der Waals surface area contributed by atoms with E-state index in [1.807, 2.05) is 44.2 Å². The van der Waals surface area contributed by atoms with Gasteiger partial charge in [0, 0.05) is 13.7 Å². The molecule has 6 nitrogen and oxygen atoms in total. The maximum Gasteiger partial charge on any atom is 0.163 e. The molecule has 0 amide bonds. The van der Waals surface area contributed by atoms with Crippen molar-refractivity contribution in [1.82, 2.24) is 0 Å². The van der Waals surface area contributed by atoms with E-state index in [0.717, 1.165) is 19.4 Å². The molecule has 2 N–H and O–H groups in total. The lowest BCUT2D eigenvalue weighted by Gasteiger charge is -2.20. The summed E-state index contributed by atoms with van der Waals surface area (Å²) in [5, 5.41) is 16.2. The van der Waals surface area contributed by atoms with Crippen molar-refractivity contribution < 1.29 is 29.2 Å². The number of methoxy groups -OCH3 is 1. The molecule has 0 aliphatic carbocycles. The molecule has 2 atom stereocenters. The van der Waals surface area contributed by atoms with E-state index in [-0.39, 0.29) is 12.2 Å². The minimum absolute atomic E-state index is 0.155. The summed E-state index contributed by atoms with van der Waals surface area (Å²) in [6.45, 7) is 8.76. The Kier molecular flexibility index (Phi) is 9.71. The average molecular weight is 370 g/mol. The van der Waals surface area contributed by atoms with E-state index in [1.54, 1.807) is 7.11 Å². The van der Waals surface area contributed by atoms with Crippen molar-refractivity contribution in [2.24, 2.45) is 0 Å². The number of aliphatic hydroxyl groups is 2. The highest BCUT2D eigenvalue weighted by Gasteiger charge is 2.38. The van der Waals surface area contributed by atoms with Crippen LogP contribution < -0.4 is 0 Å². The summed E-state index contributed by atoms with van der Waals surface area (Å²) in [6, 6.07) is 10.1. The van der Waals surface area contributed by atoms with Gasteiger partial charge in [0.15, 0.2) is 11.6 Å². The van der Waals surface area contributed by atoms with Crippen molar-refractivity contribution in [3.63, 3.8) is 0 Å². The topological polar surface area (TPSA) is 77.4 Å². The van der Waals surface area contributed by atoms with Crippen LogP contribution in [0.5, 0.6) is 0 Å². The predicted octanol–water partition coefficient (Wildman–Crippen LogP) is 2.86. The molecule has 0 saturated carbocycles. The molecule has 3 rings (SSSR count). The molecule has 1 aromatic carbocycles. The van der Waals surface area contributed by atoms with Gasteiger partial charge in [-0.3, -0.25) is 0 Å². The Morgan fingerprint density at radius 1 is 1.15 bits per heavy atom. The third-order valence-electron chi connectivity index (χ3n) is 3.56. The average Bonchev–Trinajstić information content (AvgIpc) is 3.17. The van der Waals surface area contributed by atoms with Gasteiger partial charge in [-0.15, -0.1) is 0 Å². The zero-order chi connectivity index (χ0) is 19.6. The highest BCUT2D eigenvalue weighted by Crippen LogP contribution is 2.28. The molecule has 2 saturated heterocycles. The van der Waals surface area contributed by atoms with Gasteiger partial charge in [-0.2, -0.15) is 0 Å². The Hall–Kier alpha value is -1.02. The molecule has 150 valence electrons. The lowest BCUT2D eigenvalue weighted by atomic mass is 10.1. The molecule has 2 aliphatic rings. The van der Waals surface area contributed by atoms with Crippen molar-refractivity contribution in [2.45, 2.75) is 70.9 Å². The van der Waals surface area contributed by atoms with Crippen LogP contribution in [0, 0.1) is 0 Å². The van der Waals surface area contributed by atoms with Crippen LogP contribution >= 0.6 is 0 Å². The van der Waals surface area contributed by atoms with Gasteiger partial charge in [0.25, 0.3) is 0 Å². The number of hydrogen-bond donors (Lipinski definition) is 2. The summed E-state index contributed by atoms with van der Waals surface area (Å²) in [5.74, 6) is -1.91. The number of ether oxygens (including phenoxy) is 4. The largest absolute Gasteiger partial charge is 0.380 e. The van der Waals surface area contributed by atoms with Crippen LogP contribution in [0.1, 0.15) is 46.1 Å². The van der Waals surface area contributed by atoms with Crippen LogP contribution in [0.2, 0.25) is 0 Å². The first-order valence-electron chi connectivity index (χ1n) is 9.02. The smallest absolute Gasteiger partial charge is 0.163 e. The first kappa shape index (κ1) is 23.0. The minimum Gasteiger partial charge on any atom is -0.380 e. The third-order valence-corrected chi connectivity index (χ3v) is 3.56. The molecular formula is C20H34O6. The van der Waals surface area contributed by atoms with Crippen LogP contribution in [0.15, 0.2) is 30.3 Å². The molecule has 26 heavy (non-hydrogen) atoms. The van der Waals surface area contributed by atoms with Gasteiger partial charge in [-0.25, -0.2) is 0 Å². The van der Waals surface area contributed by atoms with E-state index < -0.39 is 11.6 Å². The summed E-state index contributed by atoms with van der Waals surface area (Å²) in [7, 11) is 1.70. The lowest BCUT2D eigenvalue weighted by molar-refractivity contribution is -0.151. The molecule has 0 aromatic heterocycles. The van der Waals surface area contributed by atoms with E-state index >= 15 is 0 Å². The number of hydrogen-bond acceptors (Lipinski definition) is 6. The predicted molar refractivity (Wildman–Crippen MR) is 99.5 cm³/mol. The van der Waals surface area contributed by atoms with E-state index in [0.29, 0.717) is 13.2 Å². The quantitative estimate of drug-likeness (QED) is 0.797. The zero-order valence-corrected chi connectivity index (χ0v) is 16.6. The molecule has 2 heterocycles. The Labute approximate surface area is 157 Å². The number of rotatable bonds is 3. The van der Waals surface area contributed by atoms with Gasteiger partial charge < -0.3 is 29.2 Å². The van der Waals surface area contributed by atoms with Crippen molar-refractivity contribution in [2.75, 3.05) is 20.3 Å². The van der Waals surface area contributed by atoms with Gasteiger partial charge >= 0.3 is 0 Å². The molecule has 2 aliphatic heterocycles. The Balaban J connectivity index is 0.000000214. The van der Waals surface area contributed by atoms with Crippen molar-refractivity contribution in [3.05, 3.63) is 35.9 Å². The molecular weight excluding hydrogens is 336 g/mol. The van der Waals surface area contributed by atoms with Gasteiger partial charge in [0.2, 0.25) is 0 Å². The van der Waals surface area contributed by atoms with Crippen LogP contribution in [0.3, 0.4) is 0 Å².